The Labute approximate surface area is 98.8 Å². The summed E-state index contributed by atoms with van der Waals surface area (Å²) in [5.74, 6) is 3.12. The van der Waals surface area contributed by atoms with Crippen LogP contribution >= 0.6 is 27.7 Å². The smallest absolute Gasteiger partial charge is 0.0410 e. The van der Waals surface area contributed by atoms with E-state index in [-0.39, 0.29) is 0 Å². The lowest BCUT2D eigenvalue weighted by Gasteiger charge is -2.07. The molecule has 0 aromatic carbocycles. The van der Waals surface area contributed by atoms with Gasteiger partial charge in [-0.25, -0.2) is 0 Å². The molecule has 0 saturated carbocycles. The fourth-order valence-electron chi connectivity index (χ4n) is 1.03. The second kappa shape index (κ2) is 6.46. The maximum atomic E-state index is 4.14. The molecule has 0 N–H and O–H groups in total. The molecular formula is C11H16BrNS. The minimum absolute atomic E-state index is 0.820. The minimum Gasteiger partial charge on any atom is -0.263 e. The number of hydrogen-bond donors (Lipinski definition) is 0. The molecule has 1 aromatic heterocycles. The van der Waals surface area contributed by atoms with Gasteiger partial charge in [0.25, 0.3) is 0 Å². The highest BCUT2D eigenvalue weighted by Crippen LogP contribution is 2.18. The van der Waals surface area contributed by atoms with Gasteiger partial charge in [0.15, 0.2) is 0 Å². The Hall–Kier alpha value is -0.0200. The first-order chi connectivity index (χ1) is 6.72. The quantitative estimate of drug-likeness (QED) is 0.801. The van der Waals surface area contributed by atoms with Gasteiger partial charge in [-0.05, 0) is 39.2 Å². The van der Waals surface area contributed by atoms with E-state index in [2.05, 4.69) is 40.8 Å². The lowest BCUT2D eigenvalue weighted by Crippen LogP contribution is -1.96. The van der Waals surface area contributed by atoms with Gasteiger partial charge in [-0.2, -0.15) is 11.8 Å². The van der Waals surface area contributed by atoms with Crippen LogP contribution in [0.5, 0.6) is 0 Å². The summed E-state index contributed by atoms with van der Waals surface area (Å²) in [6, 6.07) is 2.14. The lowest BCUT2D eigenvalue weighted by atomic mass is 10.2. The van der Waals surface area contributed by atoms with Crippen molar-refractivity contribution in [3.05, 3.63) is 28.5 Å². The predicted octanol–water partition coefficient (Wildman–Crippen LogP) is 4.12. The summed E-state index contributed by atoms with van der Waals surface area (Å²) in [4.78, 5) is 4.14. The van der Waals surface area contributed by atoms with E-state index in [1.165, 1.54) is 17.7 Å². The zero-order chi connectivity index (χ0) is 10.4. The molecule has 1 heterocycles. The van der Waals surface area contributed by atoms with E-state index in [0.717, 1.165) is 16.1 Å². The Balaban J connectivity index is 2.31. The molecule has 0 aliphatic heterocycles. The predicted molar refractivity (Wildman–Crippen MR) is 67.6 cm³/mol. The third-order valence-corrected chi connectivity index (χ3v) is 3.91. The molecule has 0 aliphatic carbocycles. The van der Waals surface area contributed by atoms with E-state index >= 15 is 0 Å². The molecule has 0 bridgehead atoms. The van der Waals surface area contributed by atoms with Gasteiger partial charge in [0.05, 0.1) is 0 Å². The maximum Gasteiger partial charge on any atom is 0.0410 e. The first-order valence-electron chi connectivity index (χ1n) is 4.89. The lowest BCUT2D eigenvalue weighted by molar-refractivity contribution is 0.637. The molecule has 0 fully saturated rings. The summed E-state index contributed by atoms with van der Waals surface area (Å²) in [5.41, 5.74) is 1.30. The number of hydrogen-bond acceptors (Lipinski definition) is 2. The molecule has 1 nitrogen and oxygen atoms in total. The summed E-state index contributed by atoms with van der Waals surface area (Å²) in [6.07, 6.45) is 5.03. The summed E-state index contributed by atoms with van der Waals surface area (Å²) in [6.45, 7) is 4.54. The van der Waals surface area contributed by atoms with Crippen LogP contribution in [0.15, 0.2) is 22.9 Å². The van der Waals surface area contributed by atoms with Crippen LogP contribution < -0.4 is 0 Å². The van der Waals surface area contributed by atoms with E-state index in [9.17, 15) is 0 Å². The second-order valence-electron chi connectivity index (χ2n) is 3.54. The number of pyridine rings is 1. The van der Waals surface area contributed by atoms with Gasteiger partial charge in [-0.1, -0.05) is 20.3 Å². The van der Waals surface area contributed by atoms with E-state index < -0.39 is 0 Å². The van der Waals surface area contributed by atoms with Gasteiger partial charge >= 0.3 is 0 Å². The van der Waals surface area contributed by atoms with Crippen LogP contribution in [0, 0.1) is 5.92 Å². The molecular weight excluding hydrogens is 258 g/mol. The highest BCUT2D eigenvalue weighted by atomic mass is 79.9. The number of thioether (sulfide) groups is 1. The first kappa shape index (κ1) is 12.1. The zero-order valence-corrected chi connectivity index (χ0v) is 11.1. The minimum atomic E-state index is 0.820. The van der Waals surface area contributed by atoms with Crippen LogP contribution in [-0.4, -0.2) is 10.7 Å². The molecule has 1 rings (SSSR count). The molecule has 1 unspecified atom stereocenters. The molecule has 0 spiro atoms. The zero-order valence-electron chi connectivity index (χ0n) is 8.66. The van der Waals surface area contributed by atoms with Crippen molar-refractivity contribution >= 4 is 27.7 Å². The van der Waals surface area contributed by atoms with Gasteiger partial charge in [0, 0.05) is 22.6 Å². The van der Waals surface area contributed by atoms with Crippen molar-refractivity contribution in [1.29, 1.82) is 0 Å². The van der Waals surface area contributed by atoms with Crippen LogP contribution in [0.2, 0.25) is 0 Å². The Bertz CT molecular complexity index is 278. The SMILES string of the molecule is CCC(C)CSCc1cncc(Br)c1. The van der Waals surface area contributed by atoms with Gasteiger partial charge in [-0.15, -0.1) is 0 Å². The largest absolute Gasteiger partial charge is 0.263 e. The van der Waals surface area contributed by atoms with E-state index in [4.69, 9.17) is 0 Å². The number of aromatic nitrogens is 1. The Morgan fingerprint density at radius 2 is 2.29 bits per heavy atom. The maximum absolute atomic E-state index is 4.14. The Kier molecular flexibility index (Phi) is 5.56. The second-order valence-corrected chi connectivity index (χ2v) is 5.49. The number of rotatable bonds is 5. The normalized spacial score (nSPS) is 12.8. The molecule has 1 aromatic rings. The molecule has 78 valence electrons. The molecule has 14 heavy (non-hydrogen) atoms. The first-order valence-corrected chi connectivity index (χ1v) is 6.84. The highest BCUT2D eigenvalue weighted by molar-refractivity contribution is 9.10. The topological polar surface area (TPSA) is 12.9 Å². The van der Waals surface area contributed by atoms with Crippen molar-refractivity contribution in [2.45, 2.75) is 26.0 Å². The van der Waals surface area contributed by atoms with Crippen molar-refractivity contribution in [2.24, 2.45) is 5.92 Å². The summed E-state index contributed by atoms with van der Waals surface area (Å²) in [5, 5.41) is 0. The molecule has 1 atom stereocenters. The van der Waals surface area contributed by atoms with Crippen LogP contribution in [0.25, 0.3) is 0 Å². The van der Waals surface area contributed by atoms with E-state index in [0.29, 0.717) is 0 Å². The summed E-state index contributed by atoms with van der Waals surface area (Å²) >= 11 is 5.41. The number of nitrogens with zero attached hydrogens (tertiary/aromatic N) is 1. The van der Waals surface area contributed by atoms with Crippen molar-refractivity contribution in [3.8, 4) is 0 Å². The van der Waals surface area contributed by atoms with Crippen molar-refractivity contribution < 1.29 is 0 Å². The Morgan fingerprint density at radius 1 is 1.50 bits per heavy atom. The summed E-state index contributed by atoms with van der Waals surface area (Å²) in [7, 11) is 0. The molecule has 0 saturated heterocycles. The van der Waals surface area contributed by atoms with Crippen LogP contribution in [0.3, 0.4) is 0 Å². The molecule has 0 amide bonds. The Morgan fingerprint density at radius 3 is 2.93 bits per heavy atom. The van der Waals surface area contributed by atoms with Gasteiger partial charge in [-0.3, -0.25) is 4.98 Å². The summed E-state index contributed by atoms with van der Waals surface area (Å²) < 4.78 is 1.07. The van der Waals surface area contributed by atoms with Crippen LogP contribution in [0.4, 0.5) is 0 Å². The average molecular weight is 274 g/mol. The fraction of sp³-hybridized carbons (Fsp3) is 0.545. The van der Waals surface area contributed by atoms with E-state index in [1.807, 2.05) is 24.2 Å². The average Bonchev–Trinajstić information content (AvgIpc) is 2.17. The van der Waals surface area contributed by atoms with Gasteiger partial charge < -0.3 is 0 Å². The third-order valence-electron chi connectivity index (χ3n) is 2.13. The van der Waals surface area contributed by atoms with Gasteiger partial charge in [0.2, 0.25) is 0 Å². The molecule has 3 heteroatoms. The van der Waals surface area contributed by atoms with E-state index in [1.54, 1.807) is 0 Å². The molecule has 0 radical (unpaired) electrons. The highest BCUT2D eigenvalue weighted by Gasteiger charge is 2.00. The monoisotopic (exact) mass is 273 g/mol. The van der Waals surface area contributed by atoms with Gasteiger partial charge in [0.1, 0.15) is 0 Å². The van der Waals surface area contributed by atoms with Crippen LogP contribution in [0.1, 0.15) is 25.8 Å². The van der Waals surface area contributed by atoms with Crippen molar-refractivity contribution in [1.82, 2.24) is 4.98 Å². The third kappa shape index (κ3) is 4.47. The fourth-order valence-corrected chi connectivity index (χ4v) is 2.59. The van der Waals surface area contributed by atoms with Crippen LogP contribution in [-0.2, 0) is 5.75 Å². The van der Waals surface area contributed by atoms with Crippen molar-refractivity contribution in [2.75, 3.05) is 5.75 Å². The van der Waals surface area contributed by atoms with Crippen molar-refractivity contribution in [3.63, 3.8) is 0 Å². The standard InChI is InChI=1S/C11H16BrNS/c1-3-9(2)7-14-8-10-4-11(12)6-13-5-10/h4-6,9H,3,7-8H2,1-2H3. The number of halogens is 1. The molecule has 0 aliphatic rings.